The largest absolute Gasteiger partial charge is 0.377 e. The predicted octanol–water partition coefficient (Wildman–Crippen LogP) is 1.80. The molecule has 1 fully saturated rings. The van der Waals surface area contributed by atoms with Crippen LogP contribution in [-0.2, 0) is 4.74 Å². The lowest BCUT2D eigenvalue weighted by Gasteiger charge is -2.24. The summed E-state index contributed by atoms with van der Waals surface area (Å²) in [6, 6.07) is 1.17. The van der Waals surface area contributed by atoms with Gasteiger partial charge in [-0.1, -0.05) is 13.8 Å². The molecule has 0 saturated carbocycles. The van der Waals surface area contributed by atoms with E-state index >= 15 is 0 Å². The summed E-state index contributed by atoms with van der Waals surface area (Å²) >= 11 is 0. The fraction of sp³-hybridized carbons (Fsp3) is 1.00. The zero-order valence-corrected chi connectivity index (χ0v) is 8.63. The van der Waals surface area contributed by atoms with Gasteiger partial charge < -0.3 is 10.1 Å². The fourth-order valence-electron chi connectivity index (χ4n) is 1.48. The highest BCUT2D eigenvalue weighted by atomic mass is 16.5. The van der Waals surface area contributed by atoms with Crippen molar-refractivity contribution in [2.24, 2.45) is 5.92 Å². The second-order valence-electron chi connectivity index (χ2n) is 4.17. The molecule has 1 saturated heterocycles. The molecule has 2 nitrogen and oxygen atoms in total. The first-order chi connectivity index (χ1) is 5.61. The van der Waals surface area contributed by atoms with E-state index in [1.165, 1.54) is 0 Å². The molecule has 0 radical (unpaired) electrons. The van der Waals surface area contributed by atoms with E-state index in [9.17, 15) is 0 Å². The second kappa shape index (κ2) is 4.24. The maximum Gasteiger partial charge on any atom is 0.0700 e. The van der Waals surface area contributed by atoms with Crippen molar-refractivity contribution in [3.05, 3.63) is 0 Å². The van der Waals surface area contributed by atoms with Gasteiger partial charge in [0.05, 0.1) is 6.10 Å². The van der Waals surface area contributed by atoms with Crippen LogP contribution < -0.4 is 5.32 Å². The van der Waals surface area contributed by atoms with Crippen LogP contribution in [0.25, 0.3) is 0 Å². The molecule has 12 heavy (non-hydrogen) atoms. The third-order valence-electron chi connectivity index (χ3n) is 2.85. The second-order valence-corrected chi connectivity index (χ2v) is 4.17. The predicted molar refractivity (Wildman–Crippen MR) is 51.3 cm³/mol. The van der Waals surface area contributed by atoms with Crippen LogP contribution in [0.15, 0.2) is 0 Å². The molecule has 1 heterocycles. The molecular weight excluding hydrogens is 150 g/mol. The molecule has 0 aromatic rings. The SMILES string of the molecule is CC(C)[C@H](C)N[C@H]1CCO[C@@H]1C. The standard InChI is InChI=1S/C10H21NO/c1-7(2)8(3)11-10-5-6-12-9(10)4/h7-11H,5-6H2,1-4H3/t8-,9+,10-/m0/s1. The molecule has 72 valence electrons. The molecule has 0 spiro atoms. The summed E-state index contributed by atoms with van der Waals surface area (Å²) in [4.78, 5) is 0. The molecule has 0 unspecified atom stereocenters. The van der Waals surface area contributed by atoms with Gasteiger partial charge in [0.15, 0.2) is 0 Å². The minimum absolute atomic E-state index is 0.395. The minimum Gasteiger partial charge on any atom is -0.377 e. The van der Waals surface area contributed by atoms with Gasteiger partial charge in [-0.25, -0.2) is 0 Å². The Bertz CT molecular complexity index is 136. The van der Waals surface area contributed by atoms with E-state index in [0.29, 0.717) is 24.1 Å². The van der Waals surface area contributed by atoms with Crippen molar-refractivity contribution in [2.75, 3.05) is 6.61 Å². The normalized spacial score (nSPS) is 32.8. The van der Waals surface area contributed by atoms with Gasteiger partial charge in [0.25, 0.3) is 0 Å². The van der Waals surface area contributed by atoms with Crippen molar-refractivity contribution in [3.63, 3.8) is 0 Å². The van der Waals surface area contributed by atoms with Gasteiger partial charge in [0.2, 0.25) is 0 Å². The Labute approximate surface area is 75.7 Å². The van der Waals surface area contributed by atoms with Crippen LogP contribution in [0, 0.1) is 5.92 Å². The number of nitrogens with one attached hydrogen (secondary N) is 1. The van der Waals surface area contributed by atoms with Crippen LogP contribution >= 0.6 is 0 Å². The molecule has 1 aliphatic heterocycles. The lowest BCUT2D eigenvalue weighted by molar-refractivity contribution is 0.110. The molecule has 3 atom stereocenters. The van der Waals surface area contributed by atoms with Crippen LogP contribution in [0.5, 0.6) is 0 Å². The first-order valence-electron chi connectivity index (χ1n) is 4.99. The maximum atomic E-state index is 5.48. The van der Waals surface area contributed by atoms with Gasteiger partial charge in [-0.2, -0.15) is 0 Å². The van der Waals surface area contributed by atoms with E-state index in [2.05, 4.69) is 33.0 Å². The summed E-state index contributed by atoms with van der Waals surface area (Å²) in [5.41, 5.74) is 0. The van der Waals surface area contributed by atoms with E-state index < -0.39 is 0 Å². The Balaban J connectivity index is 2.30. The molecule has 1 aliphatic rings. The summed E-state index contributed by atoms with van der Waals surface area (Å²) < 4.78 is 5.48. The topological polar surface area (TPSA) is 21.3 Å². The highest BCUT2D eigenvalue weighted by molar-refractivity contribution is 4.82. The average Bonchev–Trinajstić information content (AvgIpc) is 2.36. The van der Waals surface area contributed by atoms with Crippen molar-refractivity contribution < 1.29 is 4.74 Å². The summed E-state index contributed by atoms with van der Waals surface area (Å²) in [7, 11) is 0. The Kier molecular flexibility index (Phi) is 3.53. The molecule has 0 aromatic carbocycles. The highest BCUT2D eigenvalue weighted by Crippen LogP contribution is 2.14. The van der Waals surface area contributed by atoms with E-state index in [1.54, 1.807) is 0 Å². The Morgan fingerprint density at radius 1 is 1.33 bits per heavy atom. The van der Waals surface area contributed by atoms with Gasteiger partial charge in [0, 0.05) is 18.7 Å². The third kappa shape index (κ3) is 2.46. The molecule has 0 aromatic heterocycles. The van der Waals surface area contributed by atoms with Crippen molar-refractivity contribution in [1.29, 1.82) is 0 Å². The van der Waals surface area contributed by atoms with Gasteiger partial charge in [-0.05, 0) is 26.2 Å². The van der Waals surface area contributed by atoms with Gasteiger partial charge in [-0.3, -0.25) is 0 Å². The van der Waals surface area contributed by atoms with Crippen LogP contribution in [-0.4, -0.2) is 24.8 Å². The number of ether oxygens (including phenoxy) is 1. The van der Waals surface area contributed by atoms with Crippen LogP contribution in [0.1, 0.15) is 34.1 Å². The number of rotatable bonds is 3. The lowest BCUT2D eigenvalue weighted by atomic mass is 10.0. The monoisotopic (exact) mass is 171 g/mol. The van der Waals surface area contributed by atoms with E-state index in [1.807, 2.05) is 0 Å². The van der Waals surface area contributed by atoms with Crippen LogP contribution in [0.3, 0.4) is 0 Å². The quantitative estimate of drug-likeness (QED) is 0.699. The third-order valence-corrected chi connectivity index (χ3v) is 2.85. The Hall–Kier alpha value is -0.0800. The first-order valence-corrected chi connectivity index (χ1v) is 4.99. The van der Waals surface area contributed by atoms with Crippen molar-refractivity contribution >= 4 is 0 Å². The summed E-state index contributed by atoms with van der Waals surface area (Å²) in [6.45, 7) is 9.81. The lowest BCUT2D eigenvalue weighted by Crippen LogP contribution is -2.42. The first kappa shape index (κ1) is 10.0. The molecular formula is C10H21NO. The smallest absolute Gasteiger partial charge is 0.0700 e. The summed E-state index contributed by atoms with van der Waals surface area (Å²) in [6.07, 6.45) is 1.56. The summed E-state index contributed by atoms with van der Waals surface area (Å²) in [5.74, 6) is 0.706. The Morgan fingerprint density at radius 2 is 2.00 bits per heavy atom. The molecule has 0 aliphatic carbocycles. The molecule has 1 rings (SSSR count). The van der Waals surface area contributed by atoms with E-state index in [-0.39, 0.29) is 0 Å². The van der Waals surface area contributed by atoms with Gasteiger partial charge in [-0.15, -0.1) is 0 Å². The fourth-order valence-corrected chi connectivity index (χ4v) is 1.48. The molecule has 0 bridgehead atoms. The average molecular weight is 171 g/mol. The van der Waals surface area contributed by atoms with Gasteiger partial charge in [0.1, 0.15) is 0 Å². The van der Waals surface area contributed by atoms with Crippen molar-refractivity contribution in [3.8, 4) is 0 Å². The zero-order chi connectivity index (χ0) is 9.14. The Morgan fingerprint density at radius 3 is 2.42 bits per heavy atom. The number of hydrogen-bond donors (Lipinski definition) is 1. The van der Waals surface area contributed by atoms with Crippen LogP contribution in [0.2, 0.25) is 0 Å². The zero-order valence-electron chi connectivity index (χ0n) is 8.63. The van der Waals surface area contributed by atoms with Gasteiger partial charge >= 0.3 is 0 Å². The molecule has 1 N–H and O–H groups in total. The molecule has 2 heteroatoms. The highest BCUT2D eigenvalue weighted by Gasteiger charge is 2.25. The molecule has 0 amide bonds. The van der Waals surface area contributed by atoms with Crippen molar-refractivity contribution in [1.82, 2.24) is 5.32 Å². The number of hydrogen-bond acceptors (Lipinski definition) is 2. The van der Waals surface area contributed by atoms with Crippen LogP contribution in [0.4, 0.5) is 0 Å². The van der Waals surface area contributed by atoms with E-state index in [4.69, 9.17) is 4.74 Å². The summed E-state index contributed by atoms with van der Waals surface area (Å²) in [5, 5.41) is 3.60. The van der Waals surface area contributed by atoms with E-state index in [0.717, 1.165) is 13.0 Å². The van der Waals surface area contributed by atoms with Crippen molar-refractivity contribution in [2.45, 2.75) is 52.3 Å². The maximum absolute atomic E-state index is 5.48. The minimum atomic E-state index is 0.395.